The third-order valence-corrected chi connectivity index (χ3v) is 6.11. The zero-order chi connectivity index (χ0) is 18.7. The van der Waals surface area contributed by atoms with E-state index in [-0.39, 0.29) is 55.2 Å². The number of nitriles is 1. The molecule has 0 radical (unpaired) electrons. The molecular weight excluding hydrogens is 381 g/mol. The first-order valence-corrected chi connectivity index (χ1v) is 10.6. The highest BCUT2D eigenvalue weighted by molar-refractivity contribution is 8.07. The lowest BCUT2D eigenvalue weighted by Gasteiger charge is -2.44. The predicted octanol–water partition coefficient (Wildman–Crippen LogP) is 0.453. The Morgan fingerprint density at radius 3 is 3.04 bits per heavy atom. The molecule has 0 saturated heterocycles. The molecule has 1 aliphatic carbocycles. The van der Waals surface area contributed by atoms with E-state index in [0.29, 0.717) is 12.1 Å². The molecule has 10 nitrogen and oxygen atoms in total. The van der Waals surface area contributed by atoms with Crippen molar-refractivity contribution in [1.82, 2.24) is 19.5 Å². The molecule has 2 heterocycles. The molecule has 0 spiro atoms. The second-order valence-electron chi connectivity index (χ2n) is 5.97. The highest BCUT2D eigenvalue weighted by atomic mass is 32.5. The number of aliphatic hydroxyl groups is 1. The van der Waals surface area contributed by atoms with E-state index in [2.05, 4.69) is 15.0 Å². The van der Waals surface area contributed by atoms with E-state index in [1.54, 1.807) is 10.9 Å². The van der Waals surface area contributed by atoms with Gasteiger partial charge >= 0.3 is 6.72 Å². The van der Waals surface area contributed by atoms with E-state index in [9.17, 15) is 14.8 Å². The van der Waals surface area contributed by atoms with Gasteiger partial charge in [-0.1, -0.05) is 0 Å². The zero-order valence-corrected chi connectivity index (χ0v) is 15.4. The highest BCUT2D eigenvalue weighted by Crippen LogP contribution is 2.49. The topological polar surface area (TPSA) is 146 Å². The molecule has 0 bridgehead atoms. The van der Waals surface area contributed by atoms with Crippen molar-refractivity contribution >= 4 is 29.7 Å². The molecule has 0 aliphatic heterocycles. The Kier molecular flexibility index (Phi) is 5.82. The largest absolute Gasteiger partial charge is 0.396 e. The SMILES string of the molecule is N#CCCOP(O)(=S)OC[C@H]1C[C@@H](n2cnc3c(=O)[nH]cnc32)[C@@H]1CO. The summed E-state index contributed by atoms with van der Waals surface area (Å²) in [7, 11) is 0. The van der Waals surface area contributed by atoms with Crippen LogP contribution < -0.4 is 5.56 Å². The summed E-state index contributed by atoms with van der Waals surface area (Å²) in [6.45, 7) is -3.33. The Labute approximate surface area is 153 Å². The van der Waals surface area contributed by atoms with Gasteiger partial charge in [-0.3, -0.25) is 4.79 Å². The van der Waals surface area contributed by atoms with Gasteiger partial charge in [0.05, 0.1) is 38.4 Å². The molecule has 12 heteroatoms. The van der Waals surface area contributed by atoms with E-state index >= 15 is 0 Å². The first-order chi connectivity index (χ1) is 12.5. The summed E-state index contributed by atoms with van der Waals surface area (Å²) in [5, 5.41) is 18.2. The molecular formula is C14H18N5O5PS. The summed E-state index contributed by atoms with van der Waals surface area (Å²) < 4.78 is 12.1. The standard InChI is InChI=1S/C14H18N5O5PS/c15-2-1-3-23-25(22,26)24-6-9-4-11(10(9)5-20)19-8-18-12-13(19)16-7-17-14(12)21/h7-11,20H,1,3-6H2,(H,22,26)(H,16,17,21)/t9-,10-,11-,25?/m1/s1. The minimum atomic E-state index is -3.39. The maximum atomic E-state index is 11.7. The normalized spacial score (nSPS) is 24.7. The van der Waals surface area contributed by atoms with Gasteiger partial charge in [-0.25, -0.2) is 9.97 Å². The zero-order valence-electron chi connectivity index (χ0n) is 13.7. The van der Waals surface area contributed by atoms with Crippen LogP contribution in [0.5, 0.6) is 0 Å². The molecule has 1 saturated carbocycles. The van der Waals surface area contributed by atoms with Crippen molar-refractivity contribution in [2.75, 3.05) is 19.8 Å². The smallest absolute Gasteiger partial charge is 0.324 e. The number of hydrogen-bond acceptors (Lipinski definition) is 8. The second kappa shape index (κ2) is 7.92. The molecule has 1 aliphatic rings. The lowest BCUT2D eigenvalue weighted by molar-refractivity contribution is -0.00338. The maximum absolute atomic E-state index is 11.7. The van der Waals surface area contributed by atoms with Gasteiger partial charge in [-0.15, -0.1) is 0 Å². The van der Waals surface area contributed by atoms with Gasteiger partial charge < -0.3 is 28.6 Å². The van der Waals surface area contributed by atoms with Crippen molar-refractivity contribution in [3.63, 3.8) is 0 Å². The first-order valence-electron chi connectivity index (χ1n) is 7.96. The summed E-state index contributed by atoms with van der Waals surface area (Å²) in [4.78, 5) is 32.4. The average molecular weight is 399 g/mol. The Balaban J connectivity index is 1.64. The molecule has 140 valence electrons. The second-order valence-corrected chi connectivity index (χ2v) is 8.81. The molecule has 2 aromatic rings. The summed E-state index contributed by atoms with van der Waals surface area (Å²) in [5.74, 6) is -0.180. The van der Waals surface area contributed by atoms with Crippen LogP contribution in [0.3, 0.4) is 0 Å². The van der Waals surface area contributed by atoms with E-state index in [4.69, 9.17) is 26.1 Å². The minimum Gasteiger partial charge on any atom is -0.396 e. The lowest BCUT2D eigenvalue weighted by Crippen LogP contribution is -2.42. The number of fused-ring (bicyclic) bond motifs is 1. The number of aromatic nitrogens is 4. The first kappa shape index (κ1) is 19.1. The number of rotatable bonds is 8. The quantitative estimate of drug-likeness (QED) is 0.425. The third kappa shape index (κ3) is 3.86. The van der Waals surface area contributed by atoms with Crippen LogP contribution in [0.4, 0.5) is 0 Å². The van der Waals surface area contributed by atoms with Gasteiger partial charge in [0.2, 0.25) is 0 Å². The lowest BCUT2D eigenvalue weighted by atomic mass is 9.70. The maximum Gasteiger partial charge on any atom is 0.324 e. The fourth-order valence-electron chi connectivity index (χ4n) is 3.10. The Bertz CT molecular complexity index is 924. The fraction of sp³-hybridized carbons (Fsp3) is 0.571. The van der Waals surface area contributed by atoms with Crippen LogP contribution in [0.15, 0.2) is 17.4 Å². The number of aliphatic hydroxyl groups excluding tert-OH is 1. The molecule has 26 heavy (non-hydrogen) atoms. The van der Waals surface area contributed by atoms with Gasteiger partial charge in [0.15, 0.2) is 11.2 Å². The molecule has 0 aromatic carbocycles. The van der Waals surface area contributed by atoms with E-state index < -0.39 is 6.72 Å². The van der Waals surface area contributed by atoms with Gasteiger partial charge in [-0.05, 0) is 24.1 Å². The summed E-state index contributed by atoms with van der Waals surface area (Å²) in [6.07, 6.45) is 3.63. The number of imidazole rings is 1. The van der Waals surface area contributed by atoms with Crippen LogP contribution >= 0.6 is 6.72 Å². The molecule has 1 fully saturated rings. The minimum absolute atomic E-state index is 0.0161. The summed E-state index contributed by atoms with van der Waals surface area (Å²) >= 11 is 4.90. The molecule has 4 atom stereocenters. The van der Waals surface area contributed by atoms with Crippen LogP contribution in [0.2, 0.25) is 0 Å². The summed E-state index contributed by atoms with van der Waals surface area (Å²) in [5.41, 5.74) is 0.397. The van der Waals surface area contributed by atoms with Gasteiger partial charge in [0.25, 0.3) is 5.56 Å². The van der Waals surface area contributed by atoms with Crippen LogP contribution in [0.1, 0.15) is 18.9 Å². The number of aromatic amines is 1. The molecule has 3 N–H and O–H groups in total. The number of H-pyrrole nitrogens is 1. The summed E-state index contributed by atoms with van der Waals surface area (Å²) in [6, 6.07) is 1.81. The van der Waals surface area contributed by atoms with Crippen molar-refractivity contribution in [2.24, 2.45) is 11.8 Å². The fourth-order valence-corrected chi connectivity index (χ4v) is 4.28. The predicted molar refractivity (Wildman–Crippen MR) is 94.5 cm³/mol. The molecule has 2 aromatic heterocycles. The van der Waals surface area contributed by atoms with Crippen LogP contribution in [-0.2, 0) is 20.9 Å². The molecule has 1 unspecified atom stereocenters. The monoisotopic (exact) mass is 399 g/mol. The Morgan fingerprint density at radius 1 is 1.50 bits per heavy atom. The molecule has 3 rings (SSSR count). The highest BCUT2D eigenvalue weighted by Gasteiger charge is 2.43. The Hall–Kier alpha value is -1.67. The van der Waals surface area contributed by atoms with Crippen molar-refractivity contribution in [1.29, 1.82) is 5.26 Å². The Morgan fingerprint density at radius 2 is 2.31 bits per heavy atom. The van der Waals surface area contributed by atoms with Crippen molar-refractivity contribution in [2.45, 2.75) is 18.9 Å². The van der Waals surface area contributed by atoms with E-state index in [0.717, 1.165) is 0 Å². The van der Waals surface area contributed by atoms with Crippen molar-refractivity contribution < 1.29 is 19.0 Å². The van der Waals surface area contributed by atoms with Crippen LogP contribution in [0, 0.1) is 23.2 Å². The van der Waals surface area contributed by atoms with Gasteiger partial charge in [0, 0.05) is 18.6 Å². The number of hydrogen-bond donors (Lipinski definition) is 3. The van der Waals surface area contributed by atoms with E-state index in [1.807, 2.05) is 6.07 Å². The van der Waals surface area contributed by atoms with Crippen LogP contribution in [-0.4, -0.2) is 49.3 Å². The van der Waals surface area contributed by atoms with Crippen molar-refractivity contribution in [3.05, 3.63) is 23.0 Å². The van der Waals surface area contributed by atoms with E-state index in [1.165, 1.54) is 6.33 Å². The number of nitrogens with zero attached hydrogens (tertiary/aromatic N) is 4. The number of nitrogens with one attached hydrogen (secondary N) is 1. The van der Waals surface area contributed by atoms with Gasteiger partial charge in [-0.2, -0.15) is 5.26 Å². The third-order valence-electron chi connectivity index (χ3n) is 4.50. The van der Waals surface area contributed by atoms with Gasteiger partial charge in [0.1, 0.15) is 0 Å². The molecule has 0 amide bonds. The average Bonchev–Trinajstić information content (AvgIpc) is 2.99. The van der Waals surface area contributed by atoms with Crippen LogP contribution in [0.25, 0.3) is 11.2 Å². The van der Waals surface area contributed by atoms with Crippen molar-refractivity contribution in [3.8, 4) is 6.07 Å².